The smallest absolute Gasteiger partial charge is 0.121 e. The Morgan fingerprint density at radius 1 is 1.12 bits per heavy atom. The van der Waals surface area contributed by atoms with E-state index in [2.05, 4.69) is 19.1 Å². The van der Waals surface area contributed by atoms with E-state index in [1.165, 1.54) is 11.1 Å². The van der Waals surface area contributed by atoms with Gasteiger partial charge in [0.05, 0.1) is 6.04 Å². The summed E-state index contributed by atoms with van der Waals surface area (Å²) in [6.07, 6.45) is 0.819. The van der Waals surface area contributed by atoms with Gasteiger partial charge in [0, 0.05) is 0 Å². The Kier molecular flexibility index (Phi) is 3.11. The summed E-state index contributed by atoms with van der Waals surface area (Å²) in [5.74, 6) is 1.77. The van der Waals surface area contributed by atoms with Gasteiger partial charge in [-0.25, -0.2) is 0 Å². The lowest BCUT2D eigenvalue weighted by Crippen LogP contribution is -2.13. The molecule has 2 N–H and O–H groups in total. The van der Waals surface area contributed by atoms with Crippen LogP contribution >= 0.6 is 0 Å². The molecule has 1 aromatic heterocycles. The first kappa shape index (κ1) is 11.0. The van der Waals surface area contributed by atoms with Crippen LogP contribution in [0.4, 0.5) is 0 Å². The molecule has 84 valence electrons. The maximum Gasteiger partial charge on any atom is 0.121 e. The molecule has 1 heterocycles. The molecule has 1 unspecified atom stereocenters. The van der Waals surface area contributed by atoms with Crippen molar-refractivity contribution >= 4 is 0 Å². The molecule has 0 amide bonds. The van der Waals surface area contributed by atoms with E-state index in [9.17, 15) is 0 Å². The number of rotatable bonds is 3. The van der Waals surface area contributed by atoms with Crippen LogP contribution in [-0.2, 0) is 6.42 Å². The van der Waals surface area contributed by atoms with Crippen LogP contribution in [0.5, 0.6) is 0 Å². The van der Waals surface area contributed by atoms with Gasteiger partial charge in [-0.2, -0.15) is 0 Å². The summed E-state index contributed by atoms with van der Waals surface area (Å²) >= 11 is 0. The second-order valence-electron chi connectivity index (χ2n) is 4.19. The first-order chi connectivity index (χ1) is 7.66. The van der Waals surface area contributed by atoms with Gasteiger partial charge < -0.3 is 10.2 Å². The average molecular weight is 215 g/mol. The third kappa shape index (κ3) is 2.34. The van der Waals surface area contributed by atoms with Gasteiger partial charge in [0.1, 0.15) is 11.5 Å². The molecule has 2 aromatic rings. The van der Waals surface area contributed by atoms with Gasteiger partial charge in [-0.3, -0.25) is 0 Å². The molecule has 0 spiro atoms. The van der Waals surface area contributed by atoms with E-state index in [-0.39, 0.29) is 6.04 Å². The number of aryl methyl sites for hydroxylation is 2. The van der Waals surface area contributed by atoms with Crippen molar-refractivity contribution in [3.8, 4) is 0 Å². The van der Waals surface area contributed by atoms with Crippen molar-refractivity contribution in [2.45, 2.75) is 26.3 Å². The van der Waals surface area contributed by atoms with Gasteiger partial charge in [0.15, 0.2) is 0 Å². The highest BCUT2D eigenvalue weighted by molar-refractivity contribution is 5.27. The van der Waals surface area contributed by atoms with E-state index in [1.54, 1.807) is 0 Å². The van der Waals surface area contributed by atoms with Crippen LogP contribution in [0.2, 0.25) is 0 Å². The molecule has 0 aliphatic rings. The second-order valence-corrected chi connectivity index (χ2v) is 4.19. The van der Waals surface area contributed by atoms with Gasteiger partial charge in [0.2, 0.25) is 0 Å². The molecule has 16 heavy (non-hydrogen) atoms. The molecule has 2 heteroatoms. The molecule has 0 radical (unpaired) electrons. The average Bonchev–Trinajstić information content (AvgIpc) is 2.68. The summed E-state index contributed by atoms with van der Waals surface area (Å²) in [6, 6.07) is 12.2. The fraction of sp³-hybridized carbons (Fsp3) is 0.286. The Morgan fingerprint density at radius 3 is 2.50 bits per heavy atom. The normalized spacial score (nSPS) is 12.7. The van der Waals surface area contributed by atoms with Crippen molar-refractivity contribution in [3.63, 3.8) is 0 Å². The highest BCUT2D eigenvalue weighted by Crippen LogP contribution is 2.20. The zero-order chi connectivity index (χ0) is 11.5. The lowest BCUT2D eigenvalue weighted by molar-refractivity contribution is 0.444. The SMILES string of the molecule is Cc1ccc(C(N)Cc2ccccc2C)o1. The molecular weight excluding hydrogens is 198 g/mol. The van der Waals surface area contributed by atoms with Crippen LogP contribution in [0.25, 0.3) is 0 Å². The number of hydrogen-bond donors (Lipinski definition) is 1. The fourth-order valence-electron chi connectivity index (χ4n) is 1.83. The van der Waals surface area contributed by atoms with Gasteiger partial charge in [-0.05, 0) is 43.5 Å². The Hall–Kier alpha value is -1.54. The van der Waals surface area contributed by atoms with Crippen molar-refractivity contribution in [2.24, 2.45) is 5.73 Å². The van der Waals surface area contributed by atoms with Crippen molar-refractivity contribution < 1.29 is 4.42 Å². The van der Waals surface area contributed by atoms with Crippen LogP contribution in [-0.4, -0.2) is 0 Å². The van der Waals surface area contributed by atoms with Crippen molar-refractivity contribution in [2.75, 3.05) is 0 Å². The van der Waals surface area contributed by atoms with Gasteiger partial charge in [-0.15, -0.1) is 0 Å². The third-order valence-corrected chi connectivity index (χ3v) is 2.83. The van der Waals surface area contributed by atoms with Crippen LogP contribution < -0.4 is 5.73 Å². The first-order valence-electron chi connectivity index (χ1n) is 5.53. The topological polar surface area (TPSA) is 39.2 Å². The van der Waals surface area contributed by atoms with Crippen LogP contribution in [0.1, 0.15) is 28.7 Å². The first-order valence-corrected chi connectivity index (χ1v) is 5.53. The zero-order valence-corrected chi connectivity index (χ0v) is 9.73. The van der Waals surface area contributed by atoms with Gasteiger partial charge in [-0.1, -0.05) is 24.3 Å². The van der Waals surface area contributed by atoms with E-state index < -0.39 is 0 Å². The quantitative estimate of drug-likeness (QED) is 0.854. The van der Waals surface area contributed by atoms with Crippen LogP contribution in [0.3, 0.4) is 0 Å². The largest absolute Gasteiger partial charge is 0.465 e. The molecule has 0 bridgehead atoms. The highest BCUT2D eigenvalue weighted by atomic mass is 16.3. The molecule has 1 atom stereocenters. The molecule has 0 aliphatic heterocycles. The van der Waals surface area contributed by atoms with E-state index in [0.29, 0.717) is 0 Å². The minimum atomic E-state index is -0.0604. The molecule has 2 nitrogen and oxygen atoms in total. The van der Waals surface area contributed by atoms with E-state index in [1.807, 2.05) is 31.2 Å². The summed E-state index contributed by atoms with van der Waals surface area (Å²) in [4.78, 5) is 0. The third-order valence-electron chi connectivity index (χ3n) is 2.83. The second kappa shape index (κ2) is 4.54. The lowest BCUT2D eigenvalue weighted by atomic mass is 10.0. The Balaban J connectivity index is 2.13. The molecule has 0 fully saturated rings. The monoisotopic (exact) mass is 215 g/mol. The Bertz CT molecular complexity index is 473. The number of nitrogens with two attached hydrogens (primary N) is 1. The van der Waals surface area contributed by atoms with Crippen molar-refractivity contribution in [3.05, 3.63) is 59.0 Å². The Labute approximate surface area is 96.1 Å². The summed E-state index contributed by atoms with van der Waals surface area (Å²) in [7, 11) is 0. The highest BCUT2D eigenvalue weighted by Gasteiger charge is 2.11. The molecule has 0 saturated carbocycles. The number of furan rings is 1. The van der Waals surface area contributed by atoms with Crippen LogP contribution in [0, 0.1) is 13.8 Å². The summed E-state index contributed by atoms with van der Waals surface area (Å²) in [6.45, 7) is 4.04. The predicted molar refractivity (Wildman–Crippen MR) is 65.3 cm³/mol. The number of hydrogen-bond acceptors (Lipinski definition) is 2. The standard InChI is InChI=1S/C14H17NO/c1-10-5-3-4-6-12(10)9-13(15)14-8-7-11(2)16-14/h3-8,13H,9,15H2,1-2H3. The maximum absolute atomic E-state index is 6.12. The molecular formula is C14H17NO. The predicted octanol–water partition coefficient (Wildman–Crippen LogP) is 3.14. The van der Waals surface area contributed by atoms with Gasteiger partial charge >= 0.3 is 0 Å². The Morgan fingerprint density at radius 2 is 1.88 bits per heavy atom. The van der Waals surface area contributed by atoms with Crippen molar-refractivity contribution in [1.29, 1.82) is 0 Å². The number of benzene rings is 1. The fourth-order valence-corrected chi connectivity index (χ4v) is 1.83. The summed E-state index contributed by atoms with van der Waals surface area (Å²) in [5, 5.41) is 0. The maximum atomic E-state index is 6.12. The van der Waals surface area contributed by atoms with Crippen LogP contribution in [0.15, 0.2) is 40.8 Å². The van der Waals surface area contributed by atoms with E-state index in [4.69, 9.17) is 10.2 Å². The lowest BCUT2D eigenvalue weighted by Gasteiger charge is -2.10. The summed E-state index contributed by atoms with van der Waals surface area (Å²) < 4.78 is 5.53. The zero-order valence-electron chi connectivity index (χ0n) is 9.73. The minimum Gasteiger partial charge on any atom is -0.465 e. The molecule has 2 rings (SSSR count). The minimum absolute atomic E-state index is 0.0604. The van der Waals surface area contributed by atoms with E-state index in [0.717, 1.165) is 17.9 Å². The summed E-state index contributed by atoms with van der Waals surface area (Å²) in [5.41, 5.74) is 8.68. The van der Waals surface area contributed by atoms with E-state index >= 15 is 0 Å². The molecule has 1 aromatic carbocycles. The molecule has 0 saturated heterocycles. The van der Waals surface area contributed by atoms with Gasteiger partial charge in [0.25, 0.3) is 0 Å². The molecule has 0 aliphatic carbocycles. The van der Waals surface area contributed by atoms with Crippen molar-refractivity contribution in [1.82, 2.24) is 0 Å².